The first kappa shape index (κ1) is 15.3. The molecule has 1 aliphatic rings. The Hall–Kier alpha value is -2.09. The monoisotopic (exact) mass is 312 g/mol. The molecule has 0 spiro atoms. The molecule has 1 fully saturated rings. The van der Waals surface area contributed by atoms with Crippen molar-refractivity contribution in [3.05, 3.63) is 24.3 Å². The molecule has 2 rings (SSSR count). The van der Waals surface area contributed by atoms with Gasteiger partial charge in [-0.05, 0) is 30.7 Å². The molecule has 1 saturated heterocycles. The fourth-order valence-corrected chi connectivity index (χ4v) is 3.70. The second-order valence-electron chi connectivity index (χ2n) is 4.76. The van der Waals surface area contributed by atoms with Crippen LogP contribution in [-0.2, 0) is 19.4 Å². The number of benzene rings is 1. The Kier molecular flexibility index (Phi) is 4.46. The third-order valence-electron chi connectivity index (χ3n) is 3.12. The average molecular weight is 312 g/mol. The van der Waals surface area contributed by atoms with Crippen molar-refractivity contribution in [2.75, 3.05) is 23.9 Å². The standard InChI is InChI=1S/C13H16N2O5S/c1-20-11-4-2-9(3-5-11)14-12(16)13(17)15-10-6-7-21(18,19)8-10/h2-5,10H,6-8H2,1H3,(H,14,16)(H,15,17). The van der Waals surface area contributed by atoms with Crippen LogP contribution in [0.1, 0.15) is 6.42 Å². The van der Waals surface area contributed by atoms with E-state index in [1.54, 1.807) is 24.3 Å². The molecule has 0 aliphatic carbocycles. The molecule has 1 unspecified atom stereocenters. The zero-order valence-corrected chi connectivity index (χ0v) is 12.3. The Morgan fingerprint density at radius 2 is 1.86 bits per heavy atom. The summed E-state index contributed by atoms with van der Waals surface area (Å²) in [5, 5.41) is 4.85. The van der Waals surface area contributed by atoms with E-state index < -0.39 is 27.7 Å². The van der Waals surface area contributed by atoms with Gasteiger partial charge in [0.15, 0.2) is 9.84 Å². The molecule has 114 valence electrons. The smallest absolute Gasteiger partial charge is 0.313 e. The maximum absolute atomic E-state index is 11.7. The molecular formula is C13H16N2O5S. The maximum atomic E-state index is 11.7. The van der Waals surface area contributed by atoms with Gasteiger partial charge in [-0.3, -0.25) is 9.59 Å². The van der Waals surface area contributed by atoms with Gasteiger partial charge in [0, 0.05) is 11.7 Å². The number of methoxy groups -OCH3 is 1. The van der Waals surface area contributed by atoms with E-state index in [2.05, 4.69) is 10.6 Å². The van der Waals surface area contributed by atoms with Crippen LogP contribution in [0.4, 0.5) is 5.69 Å². The summed E-state index contributed by atoms with van der Waals surface area (Å²) in [4.78, 5) is 23.4. The lowest BCUT2D eigenvalue weighted by Gasteiger charge is -2.11. The van der Waals surface area contributed by atoms with Crippen LogP contribution in [0, 0.1) is 0 Å². The van der Waals surface area contributed by atoms with Gasteiger partial charge in [0.25, 0.3) is 0 Å². The minimum absolute atomic E-state index is 0.0397. The molecule has 0 radical (unpaired) electrons. The summed E-state index contributed by atoms with van der Waals surface area (Å²) in [6, 6.07) is 6.01. The number of nitrogens with one attached hydrogen (secondary N) is 2. The number of sulfone groups is 1. The van der Waals surface area contributed by atoms with E-state index in [9.17, 15) is 18.0 Å². The van der Waals surface area contributed by atoms with Gasteiger partial charge < -0.3 is 15.4 Å². The Balaban J connectivity index is 1.89. The number of ether oxygens (including phenoxy) is 1. The second-order valence-corrected chi connectivity index (χ2v) is 6.98. The van der Waals surface area contributed by atoms with Gasteiger partial charge in [0.05, 0.1) is 18.6 Å². The van der Waals surface area contributed by atoms with Gasteiger partial charge in [-0.1, -0.05) is 0 Å². The lowest BCUT2D eigenvalue weighted by molar-refractivity contribution is -0.136. The van der Waals surface area contributed by atoms with E-state index in [1.165, 1.54) is 7.11 Å². The fraction of sp³-hybridized carbons (Fsp3) is 0.385. The zero-order valence-electron chi connectivity index (χ0n) is 11.5. The van der Waals surface area contributed by atoms with Gasteiger partial charge in [0.2, 0.25) is 0 Å². The first-order chi connectivity index (χ1) is 9.89. The van der Waals surface area contributed by atoms with Crippen LogP contribution in [0.5, 0.6) is 5.75 Å². The first-order valence-corrected chi connectivity index (χ1v) is 8.18. The van der Waals surface area contributed by atoms with Gasteiger partial charge in [-0.25, -0.2) is 8.42 Å². The van der Waals surface area contributed by atoms with Crippen LogP contribution in [0.15, 0.2) is 24.3 Å². The van der Waals surface area contributed by atoms with Crippen molar-refractivity contribution in [2.24, 2.45) is 0 Å². The number of rotatable bonds is 3. The number of anilines is 1. The predicted molar refractivity (Wildman–Crippen MR) is 76.8 cm³/mol. The van der Waals surface area contributed by atoms with E-state index in [4.69, 9.17) is 4.74 Å². The summed E-state index contributed by atoms with van der Waals surface area (Å²) in [5.74, 6) is -1.11. The summed E-state index contributed by atoms with van der Waals surface area (Å²) < 4.78 is 27.5. The first-order valence-electron chi connectivity index (χ1n) is 6.36. The fourth-order valence-electron chi connectivity index (χ4n) is 2.02. The highest BCUT2D eigenvalue weighted by atomic mass is 32.2. The third-order valence-corrected chi connectivity index (χ3v) is 4.89. The molecule has 1 atom stereocenters. The molecule has 7 nitrogen and oxygen atoms in total. The Bertz CT molecular complexity index is 639. The number of hydrogen-bond donors (Lipinski definition) is 2. The molecule has 0 saturated carbocycles. The van der Waals surface area contributed by atoms with Crippen LogP contribution >= 0.6 is 0 Å². The van der Waals surface area contributed by atoms with Crippen LogP contribution in [0.3, 0.4) is 0 Å². The van der Waals surface area contributed by atoms with Crippen LogP contribution in [-0.4, -0.2) is 44.9 Å². The lowest BCUT2D eigenvalue weighted by atomic mass is 10.2. The van der Waals surface area contributed by atoms with Crippen molar-refractivity contribution in [1.82, 2.24) is 5.32 Å². The SMILES string of the molecule is COc1ccc(NC(=O)C(=O)NC2CCS(=O)(=O)C2)cc1. The van der Waals surface area contributed by atoms with E-state index >= 15 is 0 Å². The largest absolute Gasteiger partial charge is 0.497 e. The highest BCUT2D eigenvalue weighted by Crippen LogP contribution is 2.15. The summed E-state index contributed by atoms with van der Waals surface area (Å²) in [7, 11) is -1.57. The number of amides is 2. The molecule has 21 heavy (non-hydrogen) atoms. The highest BCUT2D eigenvalue weighted by molar-refractivity contribution is 7.91. The molecule has 0 bridgehead atoms. The van der Waals surface area contributed by atoms with Crippen LogP contribution < -0.4 is 15.4 Å². The lowest BCUT2D eigenvalue weighted by Crippen LogP contribution is -2.42. The van der Waals surface area contributed by atoms with Crippen molar-refractivity contribution in [1.29, 1.82) is 0 Å². The van der Waals surface area contributed by atoms with Crippen molar-refractivity contribution >= 4 is 27.3 Å². The number of hydrogen-bond acceptors (Lipinski definition) is 5. The predicted octanol–water partition coefficient (Wildman–Crippen LogP) is -0.0630. The van der Waals surface area contributed by atoms with E-state index in [0.717, 1.165) is 0 Å². The summed E-state index contributed by atoms with van der Waals surface area (Å²) in [6.45, 7) is 0. The van der Waals surface area contributed by atoms with Crippen molar-refractivity contribution in [3.63, 3.8) is 0 Å². The van der Waals surface area contributed by atoms with Crippen LogP contribution in [0.2, 0.25) is 0 Å². The second kappa shape index (κ2) is 6.13. The summed E-state index contributed by atoms with van der Waals surface area (Å²) in [6.07, 6.45) is 0.337. The van der Waals surface area contributed by atoms with Crippen molar-refractivity contribution in [2.45, 2.75) is 12.5 Å². The van der Waals surface area contributed by atoms with Crippen LogP contribution in [0.25, 0.3) is 0 Å². The Labute approximate surface area is 122 Å². The molecule has 0 aromatic heterocycles. The highest BCUT2D eigenvalue weighted by Gasteiger charge is 2.30. The summed E-state index contributed by atoms with van der Waals surface area (Å²) in [5.41, 5.74) is 0.454. The molecular weight excluding hydrogens is 296 g/mol. The number of carbonyl (C=O) groups excluding carboxylic acids is 2. The van der Waals surface area contributed by atoms with E-state index in [0.29, 0.717) is 17.9 Å². The van der Waals surface area contributed by atoms with Crippen molar-refractivity contribution in [3.8, 4) is 5.75 Å². The average Bonchev–Trinajstić information content (AvgIpc) is 2.78. The molecule has 1 aromatic rings. The normalized spacial score (nSPS) is 19.8. The van der Waals surface area contributed by atoms with Gasteiger partial charge in [-0.15, -0.1) is 0 Å². The van der Waals surface area contributed by atoms with E-state index in [1.807, 2.05) is 0 Å². The summed E-state index contributed by atoms with van der Waals surface area (Å²) >= 11 is 0. The zero-order chi connectivity index (χ0) is 15.5. The molecule has 2 amide bonds. The third kappa shape index (κ3) is 4.19. The van der Waals surface area contributed by atoms with Gasteiger partial charge in [-0.2, -0.15) is 0 Å². The molecule has 2 N–H and O–H groups in total. The minimum atomic E-state index is -3.09. The van der Waals surface area contributed by atoms with Gasteiger partial charge >= 0.3 is 11.8 Å². The van der Waals surface area contributed by atoms with Crippen molar-refractivity contribution < 1.29 is 22.7 Å². The topological polar surface area (TPSA) is 102 Å². The van der Waals surface area contributed by atoms with E-state index in [-0.39, 0.29) is 11.5 Å². The minimum Gasteiger partial charge on any atom is -0.497 e. The maximum Gasteiger partial charge on any atom is 0.313 e. The molecule has 8 heteroatoms. The Morgan fingerprint density at radius 3 is 2.38 bits per heavy atom. The molecule has 1 aromatic carbocycles. The van der Waals surface area contributed by atoms with Gasteiger partial charge in [0.1, 0.15) is 5.75 Å². The molecule has 1 aliphatic heterocycles. The number of carbonyl (C=O) groups is 2. The molecule has 1 heterocycles. The quantitative estimate of drug-likeness (QED) is 0.761. The Morgan fingerprint density at radius 1 is 1.19 bits per heavy atom.